The lowest BCUT2D eigenvalue weighted by atomic mass is 10.0. The van der Waals surface area contributed by atoms with E-state index in [0.717, 1.165) is 40.2 Å². The second kappa shape index (κ2) is 10.1. The highest BCUT2D eigenvalue weighted by Gasteiger charge is 2.34. The van der Waals surface area contributed by atoms with Crippen LogP contribution in [-0.2, 0) is 10.0 Å². The molecule has 0 spiro atoms. The number of halogens is 2. The zero-order valence-corrected chi connectivity index (χ0v) is 22.1. The van der Waals surface area contributed by atoms with Gasteiger partial charge in [0.25, 0.3) is 0 Å². The van der Waals surface area contributed by atoms with E-state index in [1.807, 2.05) is 30.0 Å². The maximum atomic E-state index is 14.1. The Morgan fingerprint density at radius 2 is 2.00 bits per heavy atom. The monoisotopic (exact) mass is 569 g/mol. The van der Waals surface area contributed by atoms with Crippen LogP contribution in [0.5, 0.6) is 5.75 Å². The van der Waals surface area contributed by atoms with Crippen molar-refractivity contribution in [3.63, 3.8) is 0 Å². The van der Waals surface area contributed by atoms with Crippen molar-refractivity contribution in [2.45, 2.75) is 30.4 Å². The second-order valence-corrected chi connectivity index (χ2v) is 11.1. The summed E-state index contributed by atoms with van der Waals surface area (Å²) >= 11 is 0. The molecule has 0 saturated carbocycles. The number of ether oxygens (including phenoxy) is 1. The molecular formula is C26H25F2N7O4S. The molecule has 208 valence electrons. The van der Waals surface area contributed by atoms with Crippen molar-refractivity contribution in [2.24, 2.45) is 0 Å². The second-order valence-electron chi connectivity index (χ2n) is 9.43. The van der Waals surface area contributed by atoms with Crippen LogP contribution in [0.4, 0.5) is 14.6 Å². The Kier molecular flexibility index (Phi) is 6.60. The zero-order valence-electron chi connectivity index (χ0n) is 21.3. The largest absolute Gasteiger partial charge is 0.492 e. The first-order valence-electron chi connectivity index (χ1n) is 12.6. The normalized spacial score (nSPS) is 18.1. The highest BCUT2D eigenvalue weighted by molar-refractivity contribution is 7.89. The maximum Gasteiger partial charge on any atom is 0.246 e. The predicted molar refractivity (Wildman–Crippen MR) is 143 cm³/mol. The molecule has 14 heteroatoms. The van der Waals surface area contributed by atoms with Crippen molar-refractivity contribution in [2.75, 3.05) is 24.6 Å². The van der Waals surface area contributed by atoms with E-state index in [9.17, 15) is 22.3 Å². The molecule has 1 saturated heterocycles. The zero-order chi connectivity index (χ0) is 28.0. The molecule has 0 unspecified atom stereocenters. The lowest BCUT2D eigenvalue weighted by Crippen LogP contribution is -2.54. The maximum absolute atomic E-state index is 14.1. The Morgan fingerprint density at radius 1 is 1.20 bits per heavy atom. The van der Waals surface area contributed by atoms with Gasteiger partial charge >= 0.3 is 0 Å². The van der Waals surface area contributed by atoms with Crippen LogP contribution in [0.2, 0.25) is 0 Å². The molecule has 1 aliphatic rings. The first kappa shape index (κ1) is 26.1. The van der Waals surface area contributed by atoms with Crippen molar-refractivity contribution in [3.8, 4) is 16.9 Å². The molecule has 4 aromatic heterocycles. The number of sulfonamides is 1. The van der Waals surface area contributed by atoms with Crippen molar-refractivity contribution in [1.29, 1.82) is 0 Å². The number of hydrogen-bond donors (Lipinski definition) is 3. The third-order valence-electron chi connectivity index (χ3n) is 6.87. The molecule has 0 radical (unpaired) electrons. The molecule has 5 aromatic rings. The summed E-state index contributed by atoms with van der Waals surface area (Å²) in [6, 6.07) is 7.53. The van der Waals surface area contributed by atoms with Gasteiger partial charge in [-0.3, -0.25) is 5.10 Å². The number of nitrogens with one attached hydrogen (secondary N) is 2. The first-order chi connectivity index (χ1) is 19.2. The van der Waals surface area contributed by atoms with E-state index >= 15 is 0 Å². The topological polar surface area (TPSA) is 138 Å². The summed E-state index contributed by atoms with van der Waals surface area (Å²) in [5.41, 5.74) is 3.15. The van der Waals surface area contributed by atoms with Gasteiger partial charge in [-0.2, -0.15) is 5.10 Å². The van der Waals surface area contributed by atoms with E-state index in [4.69, 9.17) is 4.74 Å². The van der Waals surface area contributed by atoms with E-state index in [-0.39, 0.29) is 13.0 Å². The summed E-state index contributed by atoms with van der Waals surface area (Å²) in [4.78, 5) is 5.36. The standard InChI is InChI=1S/C26H25F2N7O4S/c1-2-39-16-10-17(24-18-12-30-31-26(18)32-35(24)13-16)15-6-7-23(29-11-15)34-9-8-21(22(36)14-34)33-40(37,38)25-19(27)4-3-5-20(25)28/h3-7,10-13,21-22,33,36H,2,8-9,14H2,1H3,(H,31,32)/t21-,22+/m0/s1. The van der Waals surface area contributed by atoms with Crippen LogP contribution in [0.1, 0.15) is 13.3 Å². The van der Waals surface area contributed by atoms with Gasteiger partial charge in [-0.15, -0.1) is 5.10 Å². The Balaban J connectivity index is 1.22. The Labute approximate surface area is 227 Å². The van der Waals surface area contributed by atoms with Crippen molar-refractivity contribution >= 4 is 32.4 Å². The lowest BCUT2D eigenvalue weighted by Gasteiger charge is -2.36. The number of aromatic amines is 1. The molecule has 40 heavy (non-hydrogen) atoms. The van der Waals surface area contributed by atoms with E-state index < -0.39 is 38.7 Å². The fourth-order valence-corrected chi connectivity index (χ4v) is 6.45. The van der Waals surface area contributed by atoms with Crippen molar-refractivity contribution in [3.05, 3.63) is 66.6 Å². The number of H-pyrrole nitrogens is 1. The van der Waals surface area contributed by atoms with Crippen molar-refractivity contribution in [1.82, 2.24) is 29.5 Å². The number of nitrogens with zero attached hydrogens (tertiary/aromatic N) is 5. The first-order valence-corrected chi connectivity index (χ1v) is 14.1. The number of aromatic nitrogens is 5. The number of rotatable bonds is 7. The van der Waals surface area contributed by atoms with Crippen LogP contribution in [0.25, 0.3) is 27.7 Å². The molecule has 0 bridgehead atoms. The van der Waals surface area contributed by atoms with Crippen LogP contribution in [0, 0.1) is 11.6 Å². The summed E-state index contributed by atoms with van der Waals surface area (Å²) in [6.07, 6.45) is 4.29. The van der Waals surface area contributed by atoms with Gasteiger partial charge in [0.05, 0.1) is 42.0 Å². The average molecular weight is 570 g/mol. The molecule has 1 aliphatic heterocycles. The van der Waals surface area contributed by atoms with E-state index in [0.29, 0.717) is 30.4 Å². The predicted octanol–water partition coefficient (Wildman–Crippen LogP) is 2.87. The molecular weight excluding hydrogens is 544 g/mol. The van der Waals surface area contributed by atoms with Gasteiger partial charge in [0.2, 0.25) is 10.0 Å². The number of benzene rings is 1. The minimum atomic E-state index is -4.52. The van der Waals surface area contributed by atoms with Gasteiger partial charge in [0.15, 0.2) is 10.5 Å². The Hall–Kier alpha value is -4.14. The summed E-state index contributed by atoms with van der Waals surface area (Å²) in [7, 11) is -4.52. The highest BCUT2D eigenvalue weighted by atomic mass is 32.2. The van der Waals surface area contributed by atoms with Gasteiger partial charge in [0.1, 0.15) is 23.2 Å². The van der Waals surface area contributed by atoms with Gasteiger partial charge in [-0.25, -0.2) is 31.4 Å². The number of piperidine rings is 1. The van der Waals surface area contributed by atoms with E-state index in [2.05, 4.69) is 25.0 Å². The quantitative estimate of drug-likeness (QED) is 0.272. The molecule has 11 nitrogen and oxygen atoms in total. The summed E-state index contributed by atoms with van der Waals surface area (Å²) in [5.74, 6) is -1.16. The molecule has 6 rings (SSSR count). The van der Waals surface area contributed by atoms with Crippen LogP contribution < -0.4 is 14.4 Å². The van der Waals surface area contributed by atoms with Gasteiger partial charge in [-0.05, 0) is 43.7 Å². The minimum absolute atomic E-state index is 0.0711. The SMILES string of the molecule is CCOc1cc(-c2ccc(N3CC[C@H](NS(=O)(=O)c4c(F)cccc4F)[C@H](O)C3)nc2)c2c3cn[nH]c3nn2c1. The summed E-state index contributed by atoms with van der Waals surface area (Å²) in [5, 5.41) is 23.1. The number of hydrogen-bond acceptors (Lipinski definition) is 8. The molecule has 0 aliphatic carbocycles. The molecule has 1 aromatic carbocycles. The van der Waals surface area contributed by atoms with Crippen LogP contribution >= 0.6 is 0 Å². The smallest absolute Gasteiger partial charge is 0.246 e. The summed E-state index contributed by atoms with van der Waals surface area (Å²) in [6.45, 7) is 2.82. The Morgan fingerprint density at radius 3 is 2.70 bits per heavy atom. The van der Waals surface area contributed by atoms with E-state index in [1.54, 1.807) is 23.1 Å². The fourth-order valence-electron chi connectivity index (χ4n) is 5.01. The van der Waals surface area contributed by atoms with E-state index in [1.165, 1.54) is 0 Å². The summed E-state index contributed by atoms with van der Waals surface area (Å²) < 4.78 is 63.2. The average Bonchev–Trinajstić information content (AvgIpc) is 3.51. The minimum Gasteiger partial charge on any atom is -0.492 e. The molecule has 3 N–H and O–H groups in total. The number of fused-ring (bicyclic) bond motifs is 3. The third-order valence-corrected chi connectivity index (χ3v) is 8.41. The molecule has 0 amide bonds. The van der Waals surface area contributed by atoms with Crippen LogP contribution in [0.3, 0.4) is 0 Å². The number of β-amino-alcohol motifs (C(OH)–C–C–N with tert-alkyl or cyclic N) is 1. The number of pyridine rings is 2. The molecule has 2 atom stereocenters. The van der Waals surface area contributed by atoms with Crippen LogP contribution in [-0.4, -0.2) is 70.2 Å². The molecule has 5 heterocycles. The number of anilines is 1. The number of aliphatic hydroxyl groups is 1. The number of aliphatic hydroxyl groups excluding tert-OH is 1. The van der Waals surface area contributed by atoms with Crippen LogP contribution in [0.15, 0.2) is 59.9 Å². The van der Waals surface area contributed by atoms with Gasteiger partial charge < -0.3 is 14.7 Å². The fraction of sp³-hybridized carbons (Fsp3) is 0.269. The lowest BCUT2D eigenvalue weighted by molar-refractivity contribution is 0.124. The Bertz CT molecular complexity index is 1790. The highest BCUT2D eigenvalue weighted by Crippen LogP contribution is 2.33. The van der Waals surface area contributed by atoms with Crippen molar-refractivity contribution < 1.29 is 27.0 Å². The van der Waals surface area contributed by atoms with Gasteiger partial charge in [0, 0.05) is 30.4 Å². The molecule has 1 fully saturated rings. The van der Waals surface area contributed by atoms with Gasteiger partial charge in [-0.1, -0.05) is 6.07 Å². The third kappa shape index (κ3) is 4.63.